The van der Waals surface area contributed by atoms with Crippen molar-refractivity contribution in [3.63, 3.8) is 0 Å². The molecule has 0 spiro atoms. The van der Waals surface area contributed by atoms with Gasteiger partial charge in [0, 0.05) is 23.2 Å². The standard InChI is InChI=1S/C19H24Cl2N4OS/c1-3-25-18(14-9-8-13(20)10-15(14)21)23-24-19(25)27-11-17(26)22-16-7-5-4-6-12(16)2/h8-10,12,16H,3-7,11H2,1-2H3,(H,22,26)/t12-,16-/m1/s1. The first-order valence-electron chi connectivity index (χ1n) is 9.30. The average Bonchev–Trinajstić information content (AvgIpc) is 3.04. The molecule has 1 heterocycles. The van der Waals surface area contributed by atoms with E-state index in [1.54, 1.807) is 12.1 Å². The van der Waals surface area contributed by atoms with Crippen LogP contribution in [0, 0.1) is 5.92 Å². The number of hydrogen-bond donors (Lipinski definition) is 1. The van der Waals surface area contributed by atoms with Gasteiger partial charge in [-0.3, -0.25) is 4.79 Å². The molecule has 2 atom stereocenters. The second-order valence-corrected chi connectivity index (χ2v) is 8.69. The first kappa shape index (κ1) is 20.5. The van der Waals surface area contributed by atoms with Gasteiger partial charge in [0.2, 0.25) is 5.91 Å². The normalized spacial score (nSPS) is 19.9. The van der Waals surface area contributed by atoms with Gasteiger partial charge >= 0.3 is 0 Å². The molecule has 5 nitrogen and oxygen atoms in total. The average molecular weight is 427 g/mol. The molecule has 0 bridgehead atoms. The van der Waals surface area contributed by atoms with Gasteiger partial charge in [-0.25, -0.2) is 0 Å². The number of carbonyl (C=O) groups is 1. The number of aromatic nitrogens is 3. The number of nitrogens with zero attached hydrogens (tertiary/aromatic N) is 3. The Morgan fingerprint density at radius 1 is 1.30 bits per heavy atom. The molecule has 146 valence electrons. The second kappa shape index (κ2) is 9.30. The molecule has 3 rings (SSSR count). The molecule has 1 aromatic carbocycles. The molecule has 0 radical (unpaired) electrons. The Morgan fingerprint density at radius 2 is 2.07 bits per heavy atom. The van der Waals surface area contributed by atoms with Crippen molar-refractivity contribution in [2.75, 3.05) is 5.75 Å². The van der Waals surface area contributed by atoms with E-state index in [0.717, 1.165) is 12.0 Å². The molecule has 1 saturated carbocycles. The summed E-state index contributed by atoms with van der Waals surface area (Å²) in [5, 5.41) is 13.6. The molecule has 1 fully saturated rings. The molecule has 1 N–H and O–H groups in total. The largest absolute Gasteiger partial charge is 0.352 e. The molecule has 0 aliphatic heterocycles. The summed E-state index contributed by atoms with van der Waals surface area (Å²) in [5.74, 6) is 1.61. The number of nitrogens with one attached hydrogen (secondary N) is 1. The molecule has 0 unspecified atom stereocenters. The van der Waals surface area contributed by atoms with E-state index in [1.807, 2.05) is 17.6 Å². The molecule has 2 aromatic rings. The van der Waals surface area contributed by atoms with Crippen LogP contribution in [0.25, 0.3) is 11.4 Å². The van der Waals surface area contributed by atoms with Crippen molar-refractivity contribution in [3.05, 3.63) is 28.2 Å². The molecule has 8 heteroatoms. The van der Waals surface area contributed by atoms with Crippen LogP contribution < -0.4 is 5.32 Å². The van der Waals surface area contributed by atoms with Crippen molar-refractivity contribution < 1.29 is 4.79 Å². The Labute approximate surface area is 174 Å². The van der Waals surface area contributed by atoms with E-state index in [0.29, 0.717) is 45.3 Å². The van der Waals surface area contributed by atoms with Crippen molar-refractivity contribution in [1.82, 2.24) is 20.1 Å². The van der Waals surface area contributed by atoms with Crippen LogP contribution in [-0.2, 0) is 11.3 Å². The number of halogens is 2. The smallest absolute Gasteiger partial charge is 0.230 e. The zero-order valence-corrected chi connectivity index (χ0v) is 17.9. The van der Waals surface area contributed by atoms with Crippen molar-refractivity contribution in [2.24, 2.45) is 5.92 Å². The fourth-order valence-electron chi connectivity index (χ4n) is 3.46. The lowest BCUT2D eigenvalue weighted by Gasteiger charge is -2.29. The van der Waals surface area contributed by atoms with Gasteiger partial charge in [-0.05, 0) is 43.9 Å². The fraction of sp³-hybridized carbons (Fsp3) is 0.526. The van der Waals surface area contributed by atoms with Crippen LogP contribution in [0.15, 0.2) is 23.4 Å². The van der Waals surface area contributed by atoms with Crippen molar-refractivity contribution in [2.45, 2.75) is 57.3 Å². The van der Waals surface area contributed by atoms with Crippen molar-refractivity contribution in [3.8, 4) is 11.4 Å². The molecule has 27 heavy (non-hydrogen) atoms. The lowest BCUT2D eigenvalue weighted by Crippen LogP contribution is -2.41. The number of benzene rings is 1. The summed E-state index contributed by atoms with van der Waals surface area (Å²) in [6, 6.07) is 5.60. The summed E-state index contributed by atoms with van der Waals surface area (Å²) in [7, 11) is 0. The van der Waals surface area contributed by atoms with Crippen LogP contribution in [0.3, 0.4) is 0 Å². The third-order valence-corrected chi connectivity index (χ3v) is 6.51. The van der Waals surface area contributed by atoms with E-state index >= 15 is 0 Å². The summed E-state index contributed by atoms with van der Waals surface area (Å²) >= 11 is 13.7. The summed E-state index contributed by atoms with van der Waals surface area (Å²) in [6.45, 7) is 4.92. The van der Waals surface area contributed by atoms with Crippen LogP contribution in [-0.4, -0.2) is 32.5 Å². The van der Waals surface area contributed by atoms with Gasteiger partial charge in [0.15, 0.2) is 11.0 Å². The maximum absolute atomic E-state index is 12.4. The number of rotatable bonds is 6. The van der Waals surface area contributed by atoms with Gasteiger partial charge in [0.05, 0.1) is 10.8 Å². The lowest BCUT2D eigenvalue weighted by molar-refractivity contribution is -0.119. The summed E-state index contributed by atoms with van der Waals surface area (Å²) in [5.41, 5.74) is 0.780. The van der Waals surface area contributed by atoms with E-state index in [2.05, 4.69) is 22.4 Å². The number of amides is 1. The topological polar surface area (TPSA) is 59.8 Å². The Balaban J connectivity index is 1.67. The predicted molar refractivity (Wildman–Crippen MR) is 111 cm³/mol. The minimum atomic E-state index is 0.0514. The molecule has 1 amide bonds. The van der Waals surface area contributed by atoms with Gasteiger partial charge < -0.3 is 9.88 Å². The van der Waals surface area contributed by atoms with E-state index in [4.69, 9.17) is 23.2 Å². The van der Waals surface area contributed by atoms with Crippen LogP contribution in [0.2, 0.25) is 10.0 Å². The fourth-order valence-corrected chi connectivity index (χ4v) is 4.77. The highest BCUT2D eigenvalue weighted by Gasteiger charge is 2.23. The van der Waals surface area contributed by atoms with Crippen molar-refractivity contribution >= 4 is 40.9 Å². The minimum Gasteiger partial charge on any atom is -0.352 e. The van der Waals surface area contributed by atoms with Crippen LogP contribution in [0.4, 0.5) is 0 Å². The Bertz CT molecular complexity index is 811. The summed E-state index contributed by atoms with van der Waals surface area (Å²) in [4.78, 5) is 12.4. The van der Waals surface area contributed by atoms with Crippen LogP contribution in [0.1, 0.15) is 39.5 Å². The lowest BCUT2D eigenvalue weighted by atomic mass is 9.86. The maximum Gasteiger partial charge on any atom is 0.230 e. The van der Waals surface area contributed by atoms with Gasteiger partial charge in [0.25, 0.3) is 0 Å². The van der Waals surface area contributed by atoms with E-state index in [-0.39, 0.29) is 5.91 Å². The molecular weight excluding hydrogens is 403 g/mol. The Morgan fingerprint density at radius 3 is 2.78 bits per heavy atom. The van der Waals surface area contributed by atoms with Gasteiger partial charge in [0.1, 0.15) is 0 Å². The van der Waals surface area contributed by atoms with E-state index in [1.165, 1.54) is 31.0 Å². The first-order valence-corrected chi connectivity index (χ1v) is 11.0. The quantitative estimate of drug-likeness (QED) is 0.655. The zero-order valence-electron chi connectivity index (χ0n) is 15.5. The molecule has 0 saturated heterocycles. The summed E-state index contributed by atoms with van der Waals surface area (Å²) < 4.78 is 1.97. The van der Waals surface area contributed by atoms with Gasteiger partial charge in [-0.15, -0.1) is 10.2 Å². The highest BCUT2D eigenvalue weighted by molar-refractivity contribution is 7.99. The predicted octanol–water partition coefficient (Wildman–Crippen LogP) is 5.06. The minimum absolute atomic E-state index is 0.0514. The van der Waals surface area contributed by atoms with E-state index < -0.39 is 0 Å². The number of hydrogen-bond acceptors (Lipinski definition) is 4. The van der Waals surface area contributed by atoms with Crippen molar-refractivity contribution in [1.29, 1.82) is 0 Å². The number of thioether (sulfide) groups is 1. The summed E-state index contributed by atoms with van der Waals surface area (Å²) in [6.07, 6.45) is 4.71. The highest BCUT2D eigenvalue weighted by Crippen LogP contribution is 2.31. The molecule has 1 aromatic heterocycles. The first-order chi connectivity index (χ1) is 13.0. The van der Waals surface area contributed by atoms with Gasteiger partial charge in [-0.1, -0.05) is 54.7 Å². The molecule has 1 aliphatic rings. The number of carbonyl (C=O) groups excluding carboxylic acids is 1. The van der Waals surface area contributed by atoms with E-state index in [9.17, 15) is 4.79 Å². The zero-order chi connectivity index (χ0) is 19.4. The Kier molecular flexibility index (Phi) is 7.06. The Hall–Kier alpha value is -1.24. The maximum atomic E-state index is 12.4. The monoisotopic (exact) mass is 426 g/mol. The molecule has 1 aliphatic carbocycles. The van der Waals surface area contributed by atoms with Crippen LogP contribution in [0.5, 0.6) is 0 Å². The second-order valence-electron chi connectivity index (χ2n) is 6.90. The third-order valence-electron chi connectivity index (χ3n) is 5.00. The highest BCUT2D eigenvalue weighted by atomic mass is 35.5. The third kappa shape index (κ3) is 4.98. The van der Waals surface area contributed by atoms with Gasteiger partial charge in [-0.2, -0.15) is 0 Å². The van der Waals surface area contributed by atoms with Crippen LogP contribution >= 0.6 is 35.0 Å². The SMILES string of the molecule is CCn1c(SCC(=O)N[C@@H]2CCCC[C@H]2C)nnc1-c1ccc(Cl)cc1Cl. The molecular formula is C19H24Cl2N4OS.